The second-order valence-corrected chi connectivity index (χ2v) is 7.31. The number of hydrogen-bond donors (Lipinski definition) is 2. The molecular weight excluding hydrogens is 318 g/mol. The third-order valence-corrected chi connectivity index (χ3v) is 5.59. The Hall–Kier alpha value is -1.85. The van der Waals surface area contributed by atoms with E-state index in [1.165, 1.54) is 6.42 Å². The second kappa shape index (κ2) is 6.81. The van der Waals surface area contributed by atoms with Gasteiger partial charge in [-0.15, -0.1) is 0 Å². The van der Waals surface area contributed by atoms with Crippen LogP contribution in [0.3, 0.4) is 0 Å². The molecule has 5 nitrogen and oxygen atoms in total. The normalized spacial score (nSPS) is 22.8. The molecule has 1 saturated carbocycles. The number of ether oxygens (including phenoxy) is 1. The third-order valence-electron chi connectivity index (χ3n) is 5.59. The first kappa shape index (κ1) is 16.6. The van der Waals surface area contributed by atoms with Crippen molar-refractivity contribution < 1.29 is 19.1 Å². The van der Waals surface area contributed by atoms with Gasteiger partial charge in [0.15, 0.2) is 12.1 Å². The van der Waals surface area contributed by atoms with Gasteiger partial charge >= 0.3 is 0 Å². The molecule has 0 spiro atoms. The molecule has 0 aromatic carbocycles. The first-order valence-corrected chi connectivity index (χ1v) is 9.25. The molecule has 1 fully saturated rings. The van der Waals surface area contributed by atoms with Gasteiger partial charge in [0.1, 0.15) is 5.76 Å². The van der Waals surface area contributed by atoms with E-state index in [1.807, 2.05) is 19.1 Å². The molecule has 2 N–H and O–H groups in total. The van der Waals surface area contributed by atoms with E-state index in [2.05, 4.69) is 4.98 Å². The Kier molecular flexibility index (Phi) is 4.52. The zero-order chi connectivity index (χ0) is 17.4. The lowest BCUT2D eigenvalue weighted by Gasteiger charge is -2.24. The maximum absolute atomic E-state index is 12.7. The Morgan fingerprint density at radius 2 is 2.08 bits per heavy atom. The number of aliphatic hydroxyl groups excluding tert-OH is 1. The lowest BCUT2D eigenvalue weighted by atomic mass is 9.84. The van der Waals surface area contributed by atoms with Gasteiger partial charge in [0.2, 0.25) is 0 Å². The lowest BCUT2D eigenvalue weighted by Crippen LogP contribution is -2.20. The molecule has 0 bridgehead atoms. The topological polar surface area (TPSA) is 75.5 Å². The number of H-pyrrole nitrogens is 1. The van der Waals surface area contributed by atoms with E-state index in [9.17, 15) is 9.90 Å². The number of hydrogen-bond acceptors (Lipinski definition) is 4. The number of carbonyl (C=O) groups excluding carboxylic acids is 1. The number of ketones is 1. The standard InChI is InChI=1S/C20H25NO4/c1-12-18-15(10-13(11-16(18)22)17-8-5-9-24-17)21-19(12)20(23)25-14-6-3-2-4-7-14/h5,8-9,13-14,20-21,23H,2-4,6-7,10-11H2,1H3. The maximum Gasteiger partial charge on any atom is 0.196 e. The molecule has 2 heterocycles. The van der Waals surface area contributed by atoms with Crippen LogP contribution >= 0.6 is 0 Å². The zero-order valence-electron chi connectivity index (χ0n) is 14.6. The van der Waals surface area contributed by atoms with Crippen LogP contribution in [-0.4, -0.2) is 22.0 Å². The van der Waals surface area contributed by atoms with E-state index in [0.717, 1.165) is 48.3 Å². The predicted molar refractivity (Wildman–Crippen MR) is 92.5 cm³/mol. The van der Waals surface area contributed by atoms with Gasteiger partial charge in [0.25, 0.3) is 0 Å². The summed E-state index contributed by atoms with van der Waals surface area (Å²) in [6.45, 7) is 1.89. The number of nitrogens with one attached hydrogen (secondary N) is 1. The summed E-state index contributed by atoms with van der Waals surface area (Å²) < 4.78 is 11.3. The molecule has 134 valence electrons. The number of aromatic amines is 1. The van der Waals surface area contributed by atoms with Crippen molar-refractivity contribution in [1.29, 1.82) is 0 Å². The highest BCUT2D eigenvalue weighted by Crippen LogP contribution is 2.37. The fourth-order valence-corrected chi connectivity index (χ4v) is 4.28. The summed E-state index contributed by atoms with van der Waals surface area (Å²) in [7, 11) is 0. The Labute approximate surface area is 147 Å². The largest absolute Gasteiger partial charge is 0.469 e. The van der Waals surface area contributed by atoms with E-state index in [1.54, 1.807) is 6.26 Å². The molecule has 2 aliphatic rings. The minimum Gasteiger partial charge on any atom is -0.469 e. The van der Waals surface area contributed by atoms with E-state index < -0.39 is 6.29 Å². The summed E-state index contributed by atoms with van der Waals surface area (Å²) >= 11 is 0. The number of furan rings is 1. The van der Waals surface area contributed by atoms with Gasteiger partial charge in [0.05, 0.1) is 18.1 Å². The van der Waals surface area contributed by atoms with E-state index in [-0.39, 0.29) is 17.8 Å². The van der Waals surface area contributed by atoms with Crippen molar-refractivity contribution in [2.24, 2.45) is 0 Å². The van der Waals surface area contributed by atoms with Gasteiger partial charge in [-0.2, -0.15) is 0 Å². The molecule has 2 atom stereocenters. The number of rotatable bonds is 4. The Bertz CT molecular complexity index is 740. The van der Waals surface area contributed by atoms with Crippen LogP contribution in [0.2, 0.25) is 0 Å². The first-order valence-electron chi connectivity index (χ1n) is 9.25. The van der Waals surface area contributed by atoms with Crippen LogP contribution in [0.4, 0.5) is 0 Å². The van der Waals surface area contributed by atoms with Crippen molar-refractivity contribution in [3.05, 3.63) is 46.7 Å². The number of aliphatic hydroxyl groups is 1. The van der Waals surface area contributed by atoms with Crippen molar-refractivity contribution in [1.82, 2.24) is 4.98 Å². The quantitative estimate of drug-likeness (QED) is 0.817. The maximum atomic E-state index is 12.7. The lowest BCUT2D eigenvalue weighted by molar-refractivity contribution is -0.149. The van der Waals surface area contributed by atoms with Gasteiger partial charge in [0, 0.05) is 23.6 Å². The molecule has 0 amide bonds. The highest BCUT2D eigenvalue weighted by Gasteiger charge is 2.33. The minimum absolute atomic E-state index is 0.0531. The fraction of sp³-hybridized carbons (Fsp3) is 0.550. The van der Waals surface area contributed by atoms with Crippen LogP contribution < -0.4 is 0 Å². The predicted octanol–water partition coefficient (Wildman–Crippen LogP) is 4.17. The van der Waals surface area contributed by atoms with Gasteiger partial charge in [-0.05, 0) is 43.9 Å². The monoisotopic (exact) mass is 343 g/mol. The van der Waals surface area contributed by atoms with Gasteiger partial charge in [-0.25, -0.2) is 0 Å². The van der Waals surface area contributed by atoms with Crippen LogP contribution in [0.5, 0.6) is 0 Å². The van der Waals surface area contributed by atoms with Crippen LogP contribution in [0.1, 0.15) is 83.8 Å². The molecule has 2 aromatic rings. The Morgan fingerprint density at radius 3 is 2.80 bits per heavy atom. The third kappa shape index (κ3) is 3.18. The first-order chi connectivity index (χ1) is 12.1. The zero-order valence-corrected chi connectivity index (χ0v) is 14.6. The summed E-state index contributed by atoms with van der Waals surface area (Å²) in [6.07, 6.45) is 7.45. The Balaban J connectivity index is 1.55. The van der Waals surface area contributed by atoms with E-state index in [4.69, 9.17) is 9.15 Å². The molecule has 2 aromatic heterocycles. The summed E-state index contributed by atoms with van der Waals surface area (Å²) in [5.41, 5.74) is 3.06. The summed E-state index contributed by atoms with van der Waals surface area (Å²) in [4.78, 5) is 15.9. The molecule has 0 aliphatic heterocycles. The van der Waals surface area contributed by atoms with E-state index in [0.29, 0.717) is 18.5 Å². The van der Waals surface area contributed by atoms with Crippen molar-refractivity contribution in [3.8, 4) is 0 Å². The van der Waals surface area contributed by atoms with Crippen LogP contribution in [0.25, 0.3) is 0 Å². The van der Waals surface area contributed by atoms with Crippen LogP contribution in [0.15, 0.2) is 22.8 Å². The van der Waals surface area contributed by atoms with Gasteiger partial charge in [-0.3, -0.25) is 4.79 Å². The highest BCUT2D eigenvalue weighted by molar-refractivity contribution is 6.00. The molecule has 5 heteroatoms. The minimum atomic E-state index is -0.997. The van der Waals surface area contributed by atoms with Crippen LogP contribution in [0, 0.1) is 6.92 Å². The molecular formula is C20H25NO4. The molecule has 25 heavy (non-hydrogen) atoms. The summed E-state index contributed by atoms with van der Waals surface area (Å²) in [5, 5.41) is 10.6. The number of fused-ring (bicyclic) bond motifs is 1. The fourth-order valence-electron chi connectivity index (χ4n) is 4.28. The number of aromatic nitrogens is 1. The van der Waals surface area contributed by atoms with Crippen molar-refractivity contribution in [3.63, 3.8) is 0 Å². The molecule has 2 aliphatic carbocycles. The SMILES string of the molecule is Cc1c(C(O)OC2CCCCC2)[nH]c2c1C(=O)CC(c1ccco1)C2. The molecule has 2 unspecified atom stereocenters. The average molecular weight is 343 g/mol. The highest BCUT2D eigenvalue weighted by atomic mass is 16.6. The smallest absolute Gasteiger partial charge is 0.196 e. The molecule has 4 rings (SSSR count). The van der Waals surface area contributed by atoms with Crippen molar-refractivity contribution in [2.75, 3.05) is 0 Å². The Morgan fingerprint density at radius 1 is 1.28 bits per heavy atom. The number of Topliss-reactive ketones (excluding diaryl/α,β-unsaturated/α-hetero) is 1. The summed E-state index contributed by atoms with van der Waals surface area (Å²) in [5.74, 6) is 0.997. The van der Waals surface area contributed by atoms with Crippen molar-refractivity contribution in [2.45, 2.75) is 70.2 Å². The summed E-state index contributed by atoms with van der Waals surface area (Å²) in [6, 6.07) is 3.77. The second-order valence-electron chi connectivity index (χ2n) is 7.31. The van der Waals surface area contributed by atoms with E-state index >= 15 is 0 Å². The van der Waals surface area contributed by atoms with Gasteiger partial charge < -0.3 is 19.2 Å². The number of carbonyl (C=O) groups is 1. The van der Waals surface area contributed by atoms with Gasteiger partial charge in [-0.1, -0.05) is 19.3 Å². The van der Waals surface area contributed by atoms with Crippen molar-refractivity contribution >= 4 is 5.78 Å². The molecule has 0 radical (unpaired) electrons. The molecule has 0 saturated heterocycles. The van der Waals surface area contributed by atoms with Crippen LogP contribution in [-0.2, 0) is 11.2 Å². The average Bonchev–Trinajstić information content (AvgIpc) is 3.24.